The van der Waals surface area contributed by atoms with Crippen LogP contribution in [0.1, 0.15) is 90.9 Å². The molecule has 0 rings (SSSR count). The lowest BCUT2D eigenvalue weighted by Gasteiger charge is -2.31. The van der Waals surface area contributed by atoms with E-state index in [9.17, 15) is 0 Å². The molecule has 0 saturated carbocycles. The molecule has 2 nitrogen and oxygen atoms in total. The zero-order valence-corrected chi connectivity index (χ0v) is 22.1. The molecule has 0 fully saturated rings. The van der Waals surface area contributed by atoms with Crippen LogP contribution in [-0.2, 0) is 0 Å². The Labute approximate surface area is 187 Å². The summed E-state index contributed by atoms with van der Waals surface area (Å²) in [6.07, 6.45) is 16.8. The first kappa shape index (κ1) is 31.6. The maximum atomic E-state index is 2.42. The van der Waals surface area contributed by atoms with E-state index in [2.05, 4.69) is 42.0 Å². The predicted molar refractivity (Wildman–Crippen MR) is 110 cm³/mol. The minimum atomic E-state index is 0. The number of hydrogen-bond donors (Lipinski definition) is 0. The van der Waals surface area contributed by atoms with E-state index in [-0.39, 0.29) is 34.0 Å². The topological polar surface area (TPSA) is 0 Å². The van der Waals surface area contributed by atoms with E-state index < -0.39 is 0 Å². The highest BCUT2D eigenvalue weighted by molar-refractivity contribution is 4.47. The minimum Gasteiger partial charge on any atom is -1.00 e. The van der Waals surface area contributed by atoms with Gasteiger partial charge in [-0.05, 0) is 51.4 Å². The average molecular weight is 502 g/mol. The molecule has 0 N–H and O–H groups in total. The molecule has 0 aliphatic rings. The SMILES string of the molecule is CCCCCC[N+](C)(C)CCCCCC[N+](C)(C)CCCCCC.[Br-].[Br-]. The van der Waals surface area contributed by atoms with Gasteiger partial charge in [0.15, 0.2) is 0 Å². The fourth-order valence-corrected chi connectivity index (χ4v) is 3.59. The van der Waals surface area contributed by atoms with Gasteiger partial charge in [0.2, 0.25) is 0 Å². The van der Waals surface area contributed by atoms with Gasteiger partial charge in [0.05, 0.1) is 54.4 Å². The zero-order valence-electron chi connectivity index (χ0n) is 19.0. The maximum Gasteiger partial charge on any atom is 0.0782 e. The fraction of sp³-hybridized carbons (Fsp3) is 1.00. The Hall–Kier alpha value is 0.880. The van der Waals surface area contributed by atoms with Crippen molar-refractivity contribution in [2.75, 3.05) is 54.4 Å². The Kier molecular flexibility index (Phi) is 23.3. The predicted octanol–water partition coefficient (Wildman–Crippen LogP) is -0.132. The zero-order chi connectivity index (χ0) is 18.3. The van der Waals surface area contributed by atoms with Crippen LogP contribution in [0, 0.1) is 0 Å². The Morgan fingerprint density at radius 3 is 0.846 bits per heavy atom. The molecule has 0 atom stereocenters. The third-order valence-corrected chi connectivity index (χ3v) is 5.51. The highest BCUT2D eigenvalue weighted by Crippen LogP contribution is 2.11. The van der Waals surface area contributed by atoms with Gasteiger partial charge in [-0.3, -0.25) is 0 Å². The Morgan fingerprint density at radius 2 is 0.615 bits per heavy atom. The molecule has 0 aromatic rings. The quantitative estimate of drug-likeness (QED) is 0.192. The Morgan fingerprint density at radius 1 is 0.385 bits per heavy atom. The standard InChI is InChI=1S/C22H50N2.2BrH/c1-7-9-11-15-19-23(3,4)21-17-13-14-18-22-24(5,6)20-16-12-10-8-2;;/h7-22H2,1-6H3;2*1H/q+2;;/p-2. The van der Waals surface area contributed by atoms with Crippen LogP contribution in [0.3, 0.4) is 0 Å². The van der Waals surface area contributed by atoms with Gasteiger partial charge in [-0.1, -0.05) is 39.5 Å². The van der Waals surface area contributed by atoms with Crippen LogP contribution in [0.4, 0.5) is 0 Å². The van der Waals surface area contributed by atoms with Crippen LogP contribution >= 0.6 is 0 Å². The molecule has 0 bridgehead atoms. The van der Waals surface area contributed by atoms with Gasteiger partial charge in [0, 0.05) is 0 Å². The molecule has 0 aliphatic carbocycles. The highest BCUT2D eigenvalue weighted by Gasteiger charge is 2.15. The van der Waals surface area contributed by atoms with Crippen LogP contribution in [0.5, 0.6) is 0 Å². The average Bonchev–Trinajstić information content (AvgIpc) is 2.51. The minimum absolute atomic E-state index is 0. The van der Waals surface area contributed by atoms with Gasteiger partial charge in [-0.2, -0.15) is 0 Å². The molecular weight excluding hydrogens is 452 g/mol. The molecule has 0 amide bonds. The second-order valence-electron chi connectivity index (χ2n) is 9.30. The largest absolute Gasteiger partial charge is 1.00 e. The first-order valence-electron chi connectivity index (χ1n) is 11.0. The van der Waals surface area contributed by atoms with E-state index in [0.29, 0.717) is 0 Å². The molecule has 162 valence electrons. The van der Waals surface area contributed by atoms with Gasteiger partial charge in [-0.15, -0.1) is 0 Å². The van der Waals surface area contributed by atoms with Crippen molar-refractivity contribution < 1.29 is 42.9 Å². The number of hydrogen-bond acceptors (Lipinski definition) is 0. The number of unbranched alkanes of at least 4 members (excludes halogenated alkanes) is 9. The fourth-order valence-electron chi connectivity index (χ4n) is 3.59. The number of nitrogens with zero attached hydrogens (tertiary/aromatic N) is 2. The van der Waals surface area contributed by atoms with Gasteiger partial charge >= 0.3 is 0 Å². The van der Waals surface area contributed by atoms with Crippen molar-refractivity contribution in [3.63, 3.8) is 0 Å². The molecule has 0 aromatic heterocycles. The van der Waals surface area contributed by atoms with Crippen LogP contribution in [-0.4, -0.2) is 63.3 Å². The van der Waals surface area contributed by atoms with Gasteiger partial charge in [0.25, 0.3) is 0 Å². The molecule has 0 spiro atoms. The lowest BCUT2D eigenvalue weighted by molar-refractivity contribution is -0.891. The molecule has 0 unspecified atom stereocenters. The van der Waals surface area contributed by atoms with Crippen LogP contribution in [0.15, 0.2) is 0 Å². The number of halogens is 2. The highest BCUT2D eigenvalue weighted by atomic mass is 79.9. The summed E-state index contributed by atoms with van der Waals surface area (Å²) in [6, 6.07) is 0. The summed E-state index contributed by atoms with van der Waals surface area (Å²) in [5.74, 6) is 0. The molecule has 0 radical (unpaired) electrons. The van der Waals surface area contributed by atoms with E-state index in [0.717, 1.165) is 0 Å². The van der Waals surface area contributed by atoms with Crippen molar-refractivity contribution in [2.45, 2.75) is 90.9 Å². The monoisotopic (exact) mass is 500 g/mol. The van der Waals surface area contributed by atoms with Crippen molar-refractivity contribution in [3.8, 4) is 0 Å². The normalized spacial score (nSPS) is 11.8. The summed E-state index contributed by atoms with van der Waals surface area (Å²) in [4.78, 5) is 0. The van der Waals surface area contributed by atoms with E-state index in [1.54, 1.807) is 0 Å². The molecule has 0 aliphatic heterocycles. The lowest BCUT2D eigenvalue weighted by atomic mass is 10.1. The summed E-state index contributed by atoms with van der Waals surface area (Å²) in [5.41, 5.74) is 0. The van der Waals surface area contributed by atoms with E-state index >= 15 is 0 Å². The van der Waals surface area contributed by atoms with Gasteiger partial charge in [-0.25, -0.2) is 0 Å². The molecule has 26 heavy (non-hydrogen) atoms. The van der Waals surface area contributed by atoms with Crippen LogP contribution in [0.2, 0.25) is 0 Å². The van der Waals surface area contributed by atoms with Crippen LogP contribution in [0.25, 0.3) is 0 Å². The summed E-state index contributed by atoms with van der Waals surface area (Å²) in [7, 11) is 9.68. The number of quaternary nitrogens is 2. The van der Waals surface area contributed by atoms with Crippen LogP contribution < -0.4 is 34.0 Å². The summed E-state index contributed by atoms with van der Waals surface area (Å²) >= 11 is 0. The Balaban J connectivity index is -0.00000264. The Bertz CT molecular complexity index is 253. The molecular formula is C22H50Br2N2. The maximum absolute atomic E-state index is 2.42. The van der Waals surface area contributed by atoms with Gasteiger partial charge in [0.1, 0.15) is 0 Å². The van der Waals surface area contributed by atoms with Crippen molar-refractivity contribution in [3.05, 3.63) is 0 Å². The van der Waals surface area contributed by atoms with Gasteiger partial charge < -0.3 is 42.9 Å². The second-order valence-corrected chi connectivity index (χ2v) is 9.30. The third-order valence-electron chi connectivity index (χ3n) is 5.51. The summed E-state index contributed by atoms with van der Waals surface area (Å²) in [6.45, 7) is 10.0. The van der Waals surface area contributed by atoms with E-state index in [1.807, 2.05) is 0 Å². The van der Waals surface area contributed by atoms with E-state index in [4.69, 9.17) is 0 Å². The van der Waals surface area contributed by atoms with Crippen molar-refractivity contribution in [1.29, 1.82) is 0 Å². The molecule has 4 heteroatoms. The van der Waals surface area contributed by atoms with Crippen molar-refractivity contribution in [2.24, 2.45) is 0 Å². The van der Waals surface area contributed by atoms with E-state index in [1.165, 1.54) is 112 Å². The van der Waals surface area contributed by atoms with Crippen molar-refractivity contribution >= 4 is 0 Å². The first-order chi connectivity index (χ1) is 11.3. The van der Waals surface area contributed by atoms with Crippen molar-refractivity contribution in [1.82, 2.24) is 0 Å². The molecule has 0 aromatic carbocycles. The first-order valence-corrected chi connectivity index (χ1v) is 11.0. The lowest BCUT2D eigenvalue weighted by Crippen LogP contribution is -3.00. The second kappa shape index (κ2) is 19.2. The summed E-state index contributed by atoms with van der Waals surface area (Å²) < 4.78 is 2.45. The summed E-state index contributed by atoms with van der Waals surface area (Å²) in [5, 5.41) is 0. The molecule has 0 saturated heterocycles. The third kappa shape index (κ3) is 21.2. The molecule has 0 heterocycles. The smallest absolute Gasteiger partial charge is 0.0782 e. The number of rotatable bonds is 17.